The summed E-state index contributed by atoms with van der Waals surface area (Å²) in [4.78, 5) is 20.1. The molecule has 4 nitrogen and oxygen atoms in total. The van der Waals surface area contributed by atoms with E-state index >= 15 is 0 Å². The van der Waals surface area contributed by atoms with Crippen LogP contribution in [-0.4, -0.2) is 16.5 Å². The van der Waals surface area contributed by atoms with Gasteiger partial charge in [0.25, 0.3) is 5.56 Å². The van der Waals surface area contributed by atoms with Crippen molar-refractivity contribution in [3.8, 4) is 11.4 Å². The summed E-state index contributed by atoms with van der Waals surface area (Å²) in [5, 5.41) is 4.01. The summed E-state index contributed by atoms with van der Waals surface area (Å²) in [6.07, 6.45) is 3.36. The maximum absolute atomic E-state index is 12.4. The Kier molecular flexibility index (Phi) is 4.60. The van der Waals surface area contributed by atoms with Crippen LogP contribution in [0.1, 0.15) is 43.4 Å². The third-order valence-corrected chi connectivity index (χ3v) is 4.40. The third kappa shape index (κ3) is 3.08. The molecule has 0 radical (unpaired) electrons. The molecule has 5 heteroatoms. The van der Waals surface area contributed by atoms with Crippen LogP contribution in [-0.2, 0) is 6.54 Å². The highest BCUT2D eigenvalue weighted by Gasteiger charge is 2.24. The number of H-pyrrole nitrogens is 1. The third-order valence-electron chi connectivity index (χ3n) is 4.15. The molecule has 1 unspecified atom stereocenters. The van der Waals surface area contributed by atoms with Gasteiger partial charge >= 0.3 is 0 Å². The molecule has 22 heavy (non-hydrogen) atoms. The number of nitrogens with one attached hydrogen (secondary N) is 2. The number of fused-ring (bicyclic) bond motifs is 1. The van der Waals surface area contributed by atoms with E-state index in [9.17, 15) is 4.79 Å². The molecule has 0 aliphatic carbocycles. The highest BCUT2D eigenvalue weighted by atomic mass is 35.5. The van der Waals surface area contributed by atoms with Gasteiger partial charge in [-0.25, -0.2) is 4.98 Å². The molecule has 0 spiro atoms. The van der Waals surface area contributed by atoms with E-state index in [-0.39, 0.29) is 5.56 Å². The van der Waals surface area contributed by atoms with Crippen LogP contribution in [0.3, 0.4) is 0 Å². The Morgan fingerprint density at radius 3 is 2.82 bits per heavy atom. The Hall–Kier alpha value is -1.65. The molecule has 1 aliphatic heterocycles. The van der Waals surface area contributed by atoms with Crippen LogP contribution in [0.25, 0.3) is 11.4 Å². The topological polar surface area (TPSA) is 57.8 Å². The van der Waals surface area contributed by atoms with Crippen LogP contribution in [0.4, 0.5) is 0 Å². The summed E-state index contributed by atoms with van der Waals surface area (Å²) in [6, 6.07) is 7.39. The van der Waals surface area contributed by atoms with E-state index in [1.807, 2.05) is 24.3 Å². The van der Waals surface area contributed by atoms with Crippen molar-refractivity contribution in [2.45, 2.75) is 38.6 Å². The van der Waals surface area contributed by atoms with E-state index in [4.69, 9.17) is 16.6 Å². The zero-order valence-electron chi connectivity index (χ0n) is 12.7. The smallest absolute Gasteiger partial charge is 0.255 e. The van der Waals surface area contributed by atoms with Gasteiger partial charge in [0.05, 0.1) is 11.3 Å². The van der Waals surface area contributed by atoms with Gasteiger partial charge in [-0.05, 0) is 30.7 Å². The van der Waals surface area contributed by atoms with Crippen molar-refractivity contribution in [2.24, 2.45) is 0 Å². The normalized spacial score (nSPS) is 17.3. The number of halogens is 1. The predicted molar refractivity (Wildman–Crippen MR) is 89.3 cm³/mol. The average Bonchev–Trinajstić information content (AvgIpc) is 2.53. The summed E-state index contributed by atoms with van der Waals surface area (Å²) in [5.74, 6) is 0.945. The Morgan fingerprint density at radius 2 is 2.09 bits per heavy atom. The zero-order valence-corrected chi connectivity index (χ0v) is 13.4. The van der Waals surface area contributed by atoms with Crippen molar-refractivity contribution < 1.29 is 0 Å². The van der Waals surface area contributed by atoms with Crippen LogP contribution in [0, 0.1) is 0 Å². The van der Waals surface area contributed by atoms with E-state index in [2.05, 4.69) is 17.2 Å². The molecule has 1 aromatic heterocycles. The number of nitrogens with zero attached hydrogens (tertiary/aromatic N) is 1. The molecule has 0 bridgehead atoms. The highest BCUT2D eigenvalue weighted by Crippen LogP contribution is 2.27. The fraction of sp³-hybridized carbons (Fsp3) is 0.412. The molecule has 1 atom stereocenters. The van der Waals surface area contributed by atoms with Crippen molar-refractivity contribution in [1.82, 2.24) is 15.3 Å². The molecular weight excluding hydrogens is 298 g/mol. The molecule has 0 fully saturated rings. The van der Waals surface area contributed by atoms with Gasteiger partial charge in [0.2, 0.25) is 0 Å². The molecule has 1 aliphatic rings. The molecular formula is C17H20ClN3O. The van der Waals surface area contributed by atoms with E-state index in [1.165, 1.54) is 0 Å². The number of hydrogen-bond donors (Lipinski definition) is 2. The van der Waals surface area contributed by atoms with Crippen LogP contribution < -0.4 is 10.9 Å². The first-order chi connectivity index (χ1) is 10.7. The Labute approximate surface area is 134 Å². The first-order valence-corrected chi connectivity index (χ1v) is 8.16. The Balaban J connectivity index is 2.02. The monoisotopic (exact) mass is 317 g/mol. The SMILES string of the molecule is CCCCC1CNCc2c1nc(-c1ccc(Cl)cc1)[nH]c2=O. The van der Waals surface area contributed by atoms with E-state index in [0.717, 1.165) is 42.6 Å². The van der Waals surface area contributed by atoms with Gasteiger partial charge in [-0.3, -0.25) is 4.79 Å². The fourth-order valence-electron chi connectivity index (χ4n) is 2.93. The van der Waals surface area contributed by atoms with Gasteiger partial charge in [0.15, 0.2) is 0 Å². The minimum absolute atomic E-state index is 0.0383. The molecule has 1 aromatic carbocycles. The number of aromatic nitrogens is 2. The summed E-state index contributed by atoms with van der Waals surface area (Å²) < 4.78 is 0. The van der Waals surface area contributed by atoms with Gasteiger partial charge in [-0.1, -0.05) is 31.4 Å². The molecule has 2 N–H and O–H groups in total. The molecule has 0 saturated carbocycles. The Morgan fingerprint density at radius 1 is 1.32 bits per heavy atom. The van der Waals surface area contributed by atoms with Crippen molar-refractivity contribution in [3.63, 3.8) is 0 Å². The minimum atomic E-state index is -0.0383. The summed E-state index contributed by atoms with van der Waals surface area (Å²) in [5.41, 5.74) is 2.59. The van der Waals surface area contributed by atoms with Crippen LogP contribution in [0.5, 0.6) is 0 Å². The van der Waals surface area contributed by atoms with Gasteiger partial charge in [-0.15, -0.1) is 0 Å². The van der Waals surface area contributed by atoms with E-state index < -0.39 is 0 Å². The van der Waals surface area contributed by atoms with Crippen LogP contribution in [0.2, 0.25) is 5.02 Å². The standard InChI is InChI=1S/C17H20ClN3O/c1-2-3-4-12-9-19-10-14-15(12)20-16(21-17(14)22)11-5-7-13(18)8-6-11/h5-8,12,19H,2-4,9-10H2,1H3,(H,20,21,22). The first-order valence-electron chi connectivity index (χ1n) is 7.78. The second kappa shape index (κ2) is 6.63. The van der Waals surface area contributed by atoms with Gasteiger partial charge in [0, 0.05) is 29.6 Å². The largest absolute Gasteiger partial charge is 0.312 e. The lowest BCUT2D eigenvalue weighted by atomic mass is 9.92. The van der Waals surface area contributed by atoms with E-state index in [1.54, 1.807) is 0 Å². The lowest BCUT2D eigenvalue weighted by molar-refractivity contribution is 0.482. The maximum atomic E-state index is 12.4. The number of aromatic amines is 1. The van der Waals surface area contributed by atoms with Crippen molar-refractivity contribution in [1.29, 1.82) is 0 Å². The van der Waals surface area contributed by atoms with Gasteiger partial charge in [-0.2, -0.15) is 0 Å². The number of hydrogen-bond acceptors (Lipinski definition) is 3. The Bertz CT molecular complexity index is 709. The molecule has 3 rings (SSSR count). The molecule has 0 amide bonds. The predicted octanol–water partition coefficient (Wildman–Crippen LogP) is 3.47. The maximum Gasteiger partial charge on any atom is 0.255 e. The molecule has 2 aromatic rings. The number of rotatable bonds is 4. The zero-order chi connectivity index (χ0) is 15.5. The number of benzene rings is 1. The summed E-state index contributed by atoms with van der Waals surface area (Å²) >= 11 is 5.93. The van der Waals surface area contributed by atoms with Gasteiger partial charge in [0.1, 0.15) is 5.82 Å². The van der Waals surface area contributed by atoms with E-state index in [0.29, 0.717) is 23.3 Å². The van der Waals surface area contributed by atoms with Crippen molar-refractivity contribution in [2.75, 3.05) is 6.54 Å². The fourth-order valence-corrected chi connectivity index (χ4v) is 3.05. The first kappa shape index (κ1) is 15.3. The molecule has 0 saturated heterocycles. The van der Waals surface area contributed by atoms with Gasteiger partial charge < -0.3 is 10.3 Å². The lowest BCUT2D eigenvalue weighted by Gasteiger charge is -2.25. The molecule has 2 heterocycles. The number of unbranched alkanes of at least 4 members (excludes halogenated alkanes) is 1. The quantitative estimate of drug-likeness (QED) is 0.908. The van der Waals surface area contributed by atoms with Crippen LogP contribution >= 0.6 is 11.6 Å². The summed E-state index contributed by atoms with van der Waals surface area (Å²) in [6.45, 7) is 3.67. The summed E-state index contributed by atoms with van der Waals surface area (Å²) in [7, 11) is 0. The van der Waals surface area contributed by atoms with Crippen LogP contribution in [0.15, 0.2) is 29.1 Å². The highest BCUT2D eigenvalue weighted by molar-refractivity contribution is 6.30. The minimum Gasteiger partial charge on any atom is -0.312 e. The van der Waals surface area contributed by atoms with Crippen molar-refractivity contribution >= 4 is 11.6 Å². The molecule has 116 valence electrons. The lowest BCUT2D eigenvalue weighted by Crippen LogP contribution is -2.34. The van der Waals surface area contributed by atoms with Crippen molar-refractivity contribution in [3.05, 3.63) is 50.9 Å². The average molecular weight is 318 g/mol. The second-order valence-corrected chi connectivity index (χ2v) is 6.19. The second-order valence-electron chi connectivity index (χ2n) is 5.76.